The van der Waals surface area contributed by atoms with Crippen LogP contribution in [-0.4, -0.2) is 11.4 Å². The lowest BCUT2D eigenvalue weighted by molar-refractivity contribution is 0.0900. The highest BCUT2D eigenvalue weighted by atomic mass is 16.3. The number of furan rings is 1. The fraction of sp³-hybridized carbons (Fsp3) is 0.600. The minimum atomic E-state index is -0.695. The van der Waals surface area contributed by atoms with Crippen LogP contribution in [0.1, 0.15) is 59.5 Å². The van der Waals surface area contributed by atoms with Crippen LogP contribution in [0.5, 0.6) is 0 Å². The van der Waals surface area contributed by atoms with Crippen molar-refractivity contribution in [3.8, 4) is 6.07 Å². The molecule has 19 heavy (non-hydrogen) atoms. The summed E-state index contributed by atoms with van der Waals surface area (Å²) in [5, 5.41) is 12.3. The van der Waals surface area contributed by atoms with Gasteiger partial charge in [-0.1, -0.05) is 19.3 Å². The van der Waals surface area contributed by atoms with E-state index in [9.17, 15) is 10.1 Å². The molecule has 1 aliphatic carbocycles. The minimum absolute atomic E-state index is 0.185. The van der Waals surface area contributed by atoms with E-state index in [0.29, 0.717) is 11.3 Å². The Kier molecular flexibility index (Phi) is 3.66. The third-order valence-corrected chi connectivity index (χ3v) is 4.06. The first-order valence-corrected chi connectivity index (χ1v) is 6.79. The number of hydrogen-bond donors (Lipinski definition) is 1. The van der Waals surface area contributed by atoms with Gasteiger partial charge in [0.2, 0.25) is 0 Å². The summed E-state index contributed by atoms with van der Waals surface area (Å²) >= 11 is 0. The van der Waals surface area contributed by atoms with Gasteiger partial charge in [-0.15, -0.1) is 0 Å². The molecule has 1 aromatic rings. The Bertz CT molecular complexity index is 531. The van der Waals surface area contributed by atoms with Crippen LogP contribution in [0.4, 0.5) is 0 Å². The largest absolute Gasteiger partial charge is 0.466 e. The van der Waals surface area contributed by atoms with Gasteiger partial charge in [0.15, 0.2) is 0 Å². The van der Waals surface area contributed by atoms with Gasteiger partial charge in [0, 0.05) is 5.56 Å². The highest BCUT2D eigenvalue weighted by Crippen LogP contribution is 2.29. The molecule has 1 heterocycles. The maximum absolute atomic E-state index is 12.4. The van der Waals surface area contributed by atoms with E-state index in [-0.39, 0.29) is 5.91 Å². The molecule has 0 bridgehead atoms. The zero-order valence-electron chi connectivity index (χ0n) is 11.8. The summed E-state index contributed by atoms with van der Waals surface area (Å²) in [5.41, 5.74) is 0.746. The summed E-state index contributed by atoms with van der Waals surface area (Å²) in [6, 6.07) is 2.30. The van der Waals surface area contributed by atoms with Crippen molar-refractivity contribution in [2.24, 2.45) is 0 Å². The molecule has 1 N–H and O–H groups in total. The molecule has 0 spiro atoms. The third kappa shape index (κ3) is 2.51. The van der Waals surface area contributed by atoms with Gasteiger partial charge in [-0.05, 0) is 33.6 Å². The fourth-order valence-corrected chi connectivity index (χ4v) is 2.83. The smallest absolute Gasteiger partial charge is 0.256 e. The molecule has 1 amide bonds. The number of rotatable bonds is 2. The highest BCUT2D eigenvalue weighted by molar-refractivity contribution is 5.97. The zero-order chi connectivity index (χ0) is 14.0. The molecule has 1 saturated carbocycles. The Morgan fingerprint density at radius 3 is 2.32 bits per heavy atom. The molecule has 1 aromatic heterocycles. The monoisotopic (exact) mass is 260 g/mol. The number of nitrogens with zero attached hydrogens (tertiary/aromatic N) is 1. The predicted octanol–water partition coefficient (Wildman–Crippen LogP) is 3.16. The maximum atomic E-state index is 12.4. The first-order valence-electron chi connectivity index (χ1n) is 6.79. The zero-order valence-corrected chi connectivity index (χ0v) is 11.8. The standard InChI is InChI=1S/C15H20N2O2/c1-10-11(2)19-12(3)13(10)14(18)17-15(9-16)7-5-4-6-8-15/h4-8H2,1-3H3,(H,17,18). The summed E-state index contributed by atoms with van der Waals surface area (Å²) in [5.74, 6) is 1.20. The Balaban J connectivity index is 2.23. The van der Waals surface area contributed by atoms with Crippen molar-refractivity contribution in [2.75, 3.05) is 0 Å². The normalized spacial score (nSPS) is 17.8. The average molecular weight is 260 g/mol. The third-order valence-electron chi connectivity index (χ3n) is 4.06. The van der Waals surface area contributed by atoms with E-state index >= 15 is 0 Å². The van der Waals surface area contributed by atoms with Crippen molar-refractivity contribution < 1.29 is 9.21 Å². The summed E-state index contributed by atoms with van der Waals surface area (Å²) in [4.78, 5) is 12.4. The quantitative estimate of drug-likeness (QED) is 0.888. The van der Waals surface area contributed by atoms with Crippen LogP contribution >= 0.6 is 0 Å². The van der Waals surface area contributed by atoms with Crippen LogP contribution < -0.4 is 5.32 Å². The SMILES string of the molecule is Cc1oc(C)c(C(=O)NC2(C#N)CCCCC2)c1C. The van der Waals surface area contributed by atoms with Gasteiger partial charge < -0.3 is 9.73 Å². The summed E-state index contributed by atoms with van der Waals surface area (Å²) in [6.45, 7) is 5.51. The van der Waals surface area contributed by atoms with Gasteiger partial charge in [0.05, 0.1) is 11.6 Å². The van der Waals surface area contributed by atoms with E-state index in [4.69, 9.17) is 4.42 Å². The van der Waals surface area contributed by atoms with E-state index in [1.54, 1.807) is 6.92 Å². The molecule has 0 aliphatic heterocycles. The van der Waals surface area contributed by atoms with Gasteiger partial charge in [-0.2, -0.15) is 5.26 Å². The van der Waals surface area contributed by atoms with Crippen LogP contribution in [0.25, 0.3) is 0 Å². The highest BCUT2D eigenvalue weighted by Gasteiger charge is 2.35. The summed E-state index contributed by atoms with van der Waals surface area (Å²) in [6.07, 6.45) is 4.61. The number of amides is 1. The Morgan fingerprint density at radius 2 is 1.84 bits per heavy atom. The molecule has 0 radical (unpaired) electrons. The average Bonchev–Trinajstić information content (AvgIpc) is 2.64. The predicted molar refractivity (Wildman–Crippen MR) is 71.8 cm³/mol. The van der Waals surface area contributed by atoms with E-state index < -0.39 is 5.54 Å². The Hall–Kier alpha value is -1.76. The second-order valence-electron chi connectivity index (χ2n) is 5.42. The number of nitrogens with one attached hydrogen (secondary N) is 1. The van der Waals surface area contributed by atoms with Crippen LogP contribution in [0.3, 0.4) is 0 Å². The lowest BCUT2D eigenvalue weighted by Gasteiger charge is -2.31. The molecular formula is C15H20N2O2. The molecule has 4 heteroatoms. The van der Waals surface area contributed by atoms with E-state index in [1.165, 1.54) is 0 Å². The fourth-order valence-electron chi connectivity index (χ4n) is 2.83. The van der Waals surface area contributed by atoms with Crippen LogP contribution in [0.15, 0.2) is 4.42 Å². The first-order chi connectivity index (χ1) is 8.99. The molecular weight excluding hydrogens is 240 g/mol. The molecule has 2 rings (SSSR count). The number of hydrogen-bond acceptors (Lipinski definition) is 3. The number of aryl methyl sites for hydroxylation is 2. The number of carbonyl (C=O) groups excluding carboxylic acids is 1. The van der Waals surface area contributed by atoms with E-state index in [0.717, 1.165) is 43.4 Å². The molecule has 1 aliphatic rings. The Labute approximate surface area is 113 Å². The molecule has 102 valence electrons. The maximum Gasteiger partial charge on any atom is 0.256 e. The lowest BCUT2D eigenvalue weighted by Crippen LogP contribution is -2.48. The molecule has 0 saturated heterocycles. The van der Waals surface area contributed by atoms with Crippen molar-refractivity contribution in [3.63, 3.8) is 0 Å². The van der Waals surface area contributed by atoms with Crippen molar-refractivity contribution in [1.29, 1.82) is 5.26 Å². The van der Waals surface area contributed by atoms with E-state index in [2.05, 4.69) is 11.4 Å². The van der Waals surface area contributed by atoms with Gasteiger partial charge in [0.25, 0.3) is 5.91 Å². The topological polar surface area (TPSA) is 66.0 Å². The van der Waals surface area contributed by atoms with Crippen LogP contribution in [-0.2, 0) is 0 Å². The first kappa shape index (κ1) is 13.7. The van der Waals surface area contributed by atoms with Crippen molar-refractivity contribution in [2.45, 2.75) is 58.4 Å². The molecule has 0 aromatic carbocycles. The summed E-state index contributed by atoms with van der Waals surface area (Å²) < 4.78 is 5.48. The van der Waals surface area contributed by atoms with Crippen LogP contribution in [0, 0.1) is 32.1 Å². The second kappa shape index (κ2) is 5.08. The van der Waals surface area contributed by atoms with Gasteiger partial charge in [-0.25, -0.2) is 0 Å². The van der Waals surface area contributed by atoms with E-state index in [1.807, 2.05) is 13.8 Å². The van der Waals surface area contributed by atoms with Crippen molar-refractivity contribution in [3.05, 3.63) is 22.6 Å². The van der Waals surface area contributed by atoms with Gasteiger partial charge >= 0.3 is 0 Å². The lowest BCUT2D eigenvalue weighted by atomic mass is 9.82. The van der Waals surface area contributed by atoms with Crippen molar-refractivity contribution in [1.82, 2.24) is 5.32 Å². The second-order valence-corrected chi connectivity index (χ2v) is 5.42. The Morgan fingerprint density at radius 1 is 1.21 bits per heavy atom. The molecule has 0 atom stereocenters. The molecule has 0 unspecified atom stereocenters. The molecule has 1 fully saturated rings. The van der Waals surface area contributed by atoms with Crippen molar-refractivity contribution >= 4 is 5.91 Å². The number of nitriles is 1. The molecule has 4 nitrogen and oxygen atoms in total. The number of carbonyl (C=O) groups is 1. The minimum Gasteiger partial charge on any atom is -0.466 e. The van der Waals surface area contributed by atoms with Gasteiger partial charge in [0.1, 0.15) is 17.1 Å². The van der Waals surface area contributed by atoms with Crippen LogP contribution in [0.2, 0.25) is 0 Å². The summed E-state index contributed by atoms with van der Waals surface area (Å²) in [7, 11) is 0. The van der Waals surface area contributed by atoms with Gasteiger partial charge in [-0.3, -0.25) is 4.79 Å².